The van der Waals surface area contributed by atoms with Crippen molar-refractivity contribution in [2.45, 2.75) is 57.8 Å². The number of carboxylic acids is 1. The van der Waals surface area contributed by atoms with Gasteiger partial charge in [-0.25, -0.2) is 0 Å². The minimum Gasteiger partial charge on any atom is -0.492 e. The number of carbonyl (C=O) groups is 3. The van der Waals surface area contributed by atoms with Crippen LogP contribution in [0.4, 0.5) is 0 Å². The van der Waals surface area contributed by atoms with E-state index in [0.717, 1.165) is 38.7 Å². The molecule has 170 valence electrons. The summed E-state index contributed by atoms with van der Waals surface area (Å²) in [5, 5.41) is 9.31. The van der Waals surface area contributed by atoms with Crippen molar-refractivity contribution in [1.82, 2.24) is 4.90 Å². The lowest BCUT2D eigenvalue weighted by Gasteiger charge is -2.44. The maximum atomic E-state index is 13.3. The number of rotatable bonds is 6. The number of hydrogen-bond acceptors (Lipinski definition) is 5. The lowest BCUT2D eigenvalue weighted by molar-refractivity contribution is -0.137. The van der Waals surface area contributed by atoms with E-state index in [1.54, 1.807) is 0 Å². The van der Waals surface area contributed by atoms with Gasteiger partial charge in [0.2, 0.25) is 0 Å². The lowest BCUT2D eigenvalue weighted by Crippen LogP contribution is -2.40. The number of benzene rings is 1. The minimum atomic E-state index is -0.893. The molecule has 32 heavy (non-hydrogen) atoms. The van der Waals surface area contributed by atoms with Crippen molar-refractivity contribution in [3.8, 4) is 5.75 Å². The van der Waals surface area contributed by atoms with E-state index in [2.05, 4.69) is 31.9 Å². The Kier molecular flexibility index (Phi) is 6.91. The Labute approximate surface area is 203 Å². The van der Waals surface area contributed by atoms with Gasteiger partial charge in [-0.3, -0.25) is 14.4 Å². The van der Waals surface area contributed by atoms with Crippen LogP contribution >= 0.6 is 31.9 Å². The molecular weight excluding hydrogens is 542 g/mol. The third kappa shape index (κ3) is 4.19. The van der Waals surface area contributed by atoms with E-state index >= 15 is 0 Å². The summed E-state index contributed by atoms with van der Waals surface area (Å²) in [5.74, 6) is -0.706. The van der Waals surface area contributed by atoms with E-state index in [4.69, 9.17) is 4.74 Å². The summed E-state index contributed by atoms with van der Waals surface area (Å²) < 4.78 is 7.57. The molecule has 1 aliphatic heterocycles. The molecule has 1 aromatic rings. The van der Waals surface area contributed by atoms with Crippen LogP contribution < -0.4 is 4.74 Å². The van der Waals surface area contributed by atoms with Crippen LogP contribution in [0.2, 0.25) is 0 Å². The number of allylic oxidation sites excluding steroid dienone is 4. The summed E-state index contributed by atoms with van der Waals surface area (Å²) in [7, 11) is 0. The molecule has 0 radical (unpaired) electrons. The monoisotopic (exact) mass is 565 g/mol. The molecule has 0 saturated heterocycles. The molecule has 6 nitrogen and oxygen atoms in total. The van der Waals surface area contributed by atoms with Crippen LogP contribution in [0.3, 0.4) is 0 Å². The smallest absolute Gasteiger partial charge is 0.305 e. The summed E-state index contributed by atoms with van der Waals surface area (Å²) in [6, 6.07) is 3.83. The molecule has 0 bridgehead atoms. The minimum absolute atomic E-state index is 0.0278. The zero-order chi connectivity index (χ0) is 23.0. The third-order valence-corrected chi connectivity index (χ3v) is 7.32. The fourth-order valence-corrected chi connectivity index (χ4v) is 6.47. The maximum Gasteiger partial charge on any atom is 0.305 e. The maximum absolute atomic E-state index is 13.3. The van der Waals surface area contributed by atoms with Crippen molar-refractivity contribution in [3.63, 3.8) is 0 Å². The van der Waals surface area contributed by atoms with Gasteiger partial charge >= 0.3 is 5.97 Å². The zero-order valence-electron chi connectivity index (χ0n) is 17.9. The lowest BCUT2D eigenvalue weighted by atomic mass is 9.70. The van der Waals surface area contributed by atoms with Crippen LogP contribution in [0.1, 0.15) is 63.4 Å². The zero-order valence-corrected chi connectivity index (χ0v) is 21.1. The first-order valence-electron chi connectivity index (χ1n) is 11.0. The normalized spacial score (nSPS) is 19.3. The Bertz CT molecular complexity index is 1010. The Hall–Kier alpha value is -1.93. The average Bonchev–Trinajstić information content (AvgIpc) is 2.73. The Morgan fingerprint density at radius 1 is 1.06 bits per heavy atom. The molecule has 0 aromatic heterocycles. The summed E-state index contributed by atoms with van der Waals surface area (Å²) in [6.45, 7) is 2.62. The second-order valence-electron chi connectivity index (χ2n) is 8.24. The van der Waals surface area contributed by atoms with E-state index in [1.165, 1.54) is 0 Å². The predicted molar refractivity (Wildman–Crippen MR) is 126 cm³/mol. The molecule has 1 aromatic carbocycles. The van der Waals surface area contributed by atoms with Gasteiger partial charge in [-0.1, -0.05) is 15.9 Å². The second-order valence-corrected chi connectivity index (χ2v) is 10.0. The number of carbonyl (C=O) groups excluding carboxylic acids is 2. The first-order chi connectivity index (χ1) is 15.3. The van der Waals surface area contributed by atoms with Crippen LogP contribution in [0.5, 0.6) is 5.75 Å². The van der Waals surface area contributed by atoms with Crippen molar-refractivity contribution < 1.29 is 24.2 Å². The van der Waals surface area contributed by atoms with Crippen LogP contribution in [0.25, 0.3) is 0 Å². The van der Waals surface area contributed by atoms with E-state index in [1.807, 2.05) is 24.0 Å². The number of carboxylic acid groups (broad SMARTS) is 1. The molecule has 2 aliphatic carbocycles. The van der Waals surface area contributed by atoms with Crippen LogP contribution in [-0.2, 0) is 14.4 Å². The highest BCUT2D eigenvalue weighted by atomic mass is 79.9. The molecule has 1 heterocycles. The highest BCUT2D eigenvalue weighted by molar-refractivity contribution is 9.11. The molecule has 4 rings (SSSR count). The molecule has 0 spiro atoms. The van der Waals surface area contributed by atoms with Crippen molar-refractivity contribution in [1.29, 1.82) is 0 Å². The van der Waals surface area contributed by atoms with Gasteiger partial charge in [-0.05, 0) is 60.7 Å². The van der Waals surface area contributed by atoms with Crippen molar-refractivity contribution in [2.24, 2.45) is 0 Å². The average molecular weight is 567 g/mol. The van der Waals surface area contributed by atoms with Gasteiger partial charge in [0.05, 0.1) is 17.5 Å². The molecular formula is C24H25Br2NO5. The first-order valence-corrected chi connectivity index (χ1v) is 12.6. The van der Waals surface area contributed by atoms with Crippen LogP contribution in [0.15, 0.2) is 43.6 Å². The number of nitrogens with zero attached hydrogens (tertiary/aromatic N) is 1. The Balaban J connectivity index is 1.98. The van der Waals surface area contributed by atoms with Gasteiger partial charge in [-0.15, -0.1) is 0 Å². The van der Waals surface area contributed by atoms with Gasteiger partial charge in [0, 0.05) is 57.9 Å². The number of ketones is 2. The van der Waals surface area contributed by atoms with Crippen LogP contribution in [-0.4, -0.2) is 40.7 Å². The highest BCUT2D eigenvalue weighted by Crippen LogP contribution is 2.52. The van der Waals surface area contributed by atoms with E-state index in [9.17, 15) is 19.5 Å². The van der Waals surface area contributed by atoms with E-state index < -0.39 is 11.9 Å². The number of aliphatic carboxylic acids is 1. The van der Waals surface area contributed by atoms with E-state index in [0.29, 0.717) is 49.2 Å². The summed E-state index contributed by atoms with van der Waals surface area (Å²) in [6.07, 6.45) is 3.65. The summed E-state index contributed by atoms with van der Waals surface area (Å²) in [4.78, 5) is 40.0. The van der Waals surface area contributed by atoms with Crippen LogP contribution in [0, 0.1) is 0 Å². The topological polar surface area (TPSA) is 83.9 Å². The SMILES string of the molecule is CCOc1c(Br)cc(Br)cc1C1C2=C(CCCC2=O)N(CCC(=O)O)C2=C1C(=O)CCC2. The standard InChI is InChI=1S/C24H25Br2NO5/c1-2-32-24-14(11-13(25)12-15(24)26)21-22-16(5-3-7-18(22)28)27(10-9-20(30)31)17-6-4-8-19(29)23(17)21/h11-12,21H,2-10H2,1H3,(H,30,31). The van der Waals surface area contributed by atoms with Crippen molar-refractivity contribution in [2.75, 3.05) is 13.2 Å². The van der Waals surface area contributed by atoms with Gasteiger partial charge in [0.25, 0.3) is 0 Å². The van der Waals surface area contributed by atoms with Gasteiger partial charge in [0.15, 0.2) is 11.6 Å². The predicted octanol–water partition coefficient (Wildman–Crippen LogP) is 5.50. The fourth-order valence-electron chi connectivity index (χ4n) is 5.10. The largest absolute Gasteiger partial charge is 0.492 e. The van der Waals surface area contributed by atoms with Crippen molar-refractivity contribution in [3.05, 3.63) is 49.2 Å². The summed E-state index contributed by atoms with van der Waals surface area (Å²) in [5.41, 5.74) is 3.79. The molecule has 0 saturated carbocycles. The number of hydrogen-bond donors (Lipinski definition) is 1. The third-order valence-electron chi connectivity index (χ3n) is 6.27. The first kappa shape index (κ1) is 23.2. The second kappa shape index (κ2) is 9.51. The van der Waals surface area contributed by atoms with E-state index in [-0.39, 0.29) is 24.5 Å². The quantitative estimate of drug-likeness (QED) is 0.489. The number of Topliss-reactive ketones (excluding diaryl/α,β-unsaturated/α-hetero) is 2. The number of ether oxygens (including phenoxy) is 1. The van der Waals surface area contributed by atoms with Gasteiger partial charge < -0.3 is 14.7 Å². The molecule has 8 heteroatoms. The highest BCUT2D eigenvalue weighted by Gasteiger charge is 2.44. The molecule has 1 N–H and O–H groups in total. The van der Waals surface area contributed by atoms with Gasteiger partial charge in [-0.2, -0.15) is 0 Å². The summed E-state index contributed by atoms with van der Waals surface area (Å²) >= 11 is 7.15. The van der Waals surface area contributed by atoms with Gasteiger partial charge in [0.1, 0.15) is 5.75 Å². The Morgan fingerprint density at radius 3 is 2.19 bits per heavy atom. The fraction of sp³-hybridized carbons (Fsp3) is 0.458. The molecule has 3 aliphatic rings. The molecule has 0 unspecified atom stereocenters. The molecule has 0 amide bonds. The molecule has 0 fully saturated rings. The number of halogens is 2. The molecule has 0 atom stereocenters. The Morgan fingerprint density at radius 2 is 1.66 bits per heavy atom. The van der Waals surface area contributed by atoms with Crippen molar-refractivity contribution >= 4 is 49.4 Å².